The Hall–Kier alpha value is -2.82. The summed E-state index contributed by atoms with van der Waals surface area (Å²) in [6, 6.07) is 13.1. The van der Waals surface area contributed by atoms with Crippen LogP contribution in [-0.4, -0.2) is 29.4 Å². The number of aromatic nitrogens is 1. The third kappa shape index (κ3) is 3.36. The van der Waals surface area contributed by atoms with Crippen molar-refractivity contribution in [1.29, 1.82) is 0 Å². The second-order valence-corrected chi connectivity index (χ2v) is 5.99. The fraction of sp³-hybridized carbons (Fsp3) is 0.300. The van der Waals surface area contributed by atoms with Gasteiger partial charge in [-0.15, -0.1) is 0 Å². The number of carbonyl (C=O) groups excluding carboxylic acids is 1. The maximum absolute atomic E-state index is 13.0. The first kappa shape index (κ1) is 17.0. The Morgan fingerprint density at radius 3 is 2.80 bits per heavy atom. The molecule has 0 spiro atoms. The van der Waals surface area contributed by atoms with Crippen molar-refractivity contribution in [2.45, 2.75) is 26.8 Å². The monoisotopic (exact) mass is 338 g/mol. The zero-order chi connectivity index (χ0) is 18.0. The van der Waals surface area contributed by atoms with E-state index in [2.05, 4.69) is 4.98 Å². The first-order chi connectivity index (χ1) is 12.0. The quantitative estimate of drug-likeness (QED) is 0.693. The summed E-state index contributed by atoms with van der Waals surface area (Å²) < 4.78 is 11.0. The van der Waals surface area contributed by atoms with Gasteiger partial charge in [0.15, 0.2) is 11.3 Å². The Morgan fingerprint density at radius 1 is 1.28 bits per heavy atom. The van der Waals surface area contributed by atoms with Gasteiger partial charge in [0.1, 0.15) is 11.3 Å². The number of hydrogen-bond donors (Lipinski definition) is 0. The van der Waals surface area contributed by atoms with Crippen LogP contribution in [0.4, 0.5) is 0 Å². The number of aryl methyl sites for hydroxylation is 1. The number of fused-ring (bicyclic) bond motifs is 1. The van der Waals surface area contributed by atoms with Crippen molar-refractivity contribution < 1.29 is 13.9 Å². The number of furan rings is 1. The normalized spacial score (nSPS) is 12.2. The van der Waals surface area contributed by atoms with Gasteiger partial charge in [-0.05, 0) is 50.6 Å². The van der Waals surface area contributed by atoms with Gasteiger partial charge in [-0.2, -0.15) is 0 Å². The van der Waals surface area contributed by atoms with Gasteiger partial charge in [-0.1, -0.05) is 12.1 Å². The van der Waals surface area contributed by atoms with Crippen molar-refractivity contribution in [3.05, 3.63) is 59.5 Å². The average molecular weight is 338 g/mol. The fourth-order valence-electron chi connectivity index (χ4n) is 2.95. The summed E-state index contributed by atoms with van der Waals surface area (Å²) >= 11 is 0. The highest BCUT2D eigenvalue weighted by Crippen LogP contribution is 2.27. The average Bonchev–Trinajstić information content (AvgIpc) is 3.05. The summed E-state index contributed by atoms with van der Waals surface area (Å²) in [4.78, 5) is 19.2. The van der Waals surface area contributed by atoms with Gasteiger partial charge >= 0.3 is 0 Å². The lowest BCUT2D eigenvalue weighted by atomic mass is 10.1. The van der Waals surface area contributed by atoms with Crippen LogP contribution in [0.5, 0.6) is 5.75 Å². The van der Waals surface area contributed by atoms with E-state index in [9.17, 15) is 4.79 Å². The Morgan fingerprint density at radius 2 is 2.08 bits per heavy atom. The number of amides is 1. The lowest BCUT2D eigenvalue weighted by molar-refractivity contribution is 0.0672. The number of benzene rings is 1. The van der Waals surface area contributed by atoms with Crippen LogP contribution in [0, 0.1) is 6.92 Å². The summed E-state index contributed by atoms with van der Waals surface area (Å²) in [5.74, 6) is 0.939. The molecule has 1 amide bonds. The molecular weight excluding hydrogens is 316 g/mol. The molecule has 130 valence electrons. The SMILES string of the molecule is CCN(C(=O)c1cc2nc(C)ccc2o1)[C@H](C)c1cccc(OC)c1. The summed E-state index contributed by atoms with van der Waals surface area (Å²) in [6.45, 7) is 6.44. The number of ether oxygens (including phenoxy) is 1. The topological polar surface area (TPSA) is 55.6 Å². The van der Waals surface area contributed by atoms with Crippen molar-refractivity contribution in [2.24, 2.45) is 0 Å². The fourth-order valence-corrected chi connectivity index (χ4v) is 2.95. The van der Waals surface area contributed by atoms with E-state index in [1.54, 1.807) is 18.1 Å². The molecule has 1 atom stereocenters. The van der Waals surface area contributed by atoms with Crippen LogP contribution in [-0.2, 0) is 0 Å². The van der Waals surface area contributed by atoms with Crippen molar-refractivity contribution in [3.63, 3.8) is 0 Å². The lowest BCUT2D eigenvalue weighted by Crippen LogP contribution is -2.33. The first-order valence-corrected chi connectivity index (χ1v) is 8.35. The number of methoxy groups -OCH3 is 1. The standard InChI is InChI=1S/C20H22N2O3/c1-5-22(14(3)15-7-6-8-16(11-15)24-4)20(23)19-12-17-18(25-19)10-9-13(2)21-17/h6-12,14H,5H2,1-4H3/t14-/m1/s1. The van der Waals surface area contributed by atoms with Crippen LogP contribution in [0.25, 0.3) is 11.1 Å². The highest BCUT2D eigenvalue weighted by Gasteiger charge is 2.24. The van der Waals surface area contributed by atoms with Crippen LogP contribution < -0.4 is 4.74 Å². The summed E-state index contributed by atoms with van der Waals surface area (Å²) in [6.07, 6.45) is 0. The van der Waals surface area contributed by atoms with Crippen molar-refractivity contribution in [1.82, 2.24) is 9.88 Å². The Bertz CT molecular complexity index is 901. The number of nitrogens with zero attached hydrogens (tertiary/aromatic N) is 2. The van der Waals surface area contributed by atoms with E-state index in [1.165, 1.54) is 0 Å². The van der Waals surface area contributed by atoms with E-state index in [-0.39, 0.29) is 11.9 Å². The first-order valence-electron chi connectivity index (χ1n) is 8.35. The van der Waals surface area contributed by atoms with E-state index in [0.717, 1.165) is 17.0 Å². The molecule has 0 radical (unpaired) electrons. The molecule has 5 heteroatoms. The van der Waals surface area contributed by atoms with Crippen LogP contribution in [0.2, 0.25) is 0 Å². The number of rotatable bonds is 5. The molecule has 0 bridgehead atoms. The van der Waals surface area contributed by atoms with E-state index in [1.807, 2.05) is 57.2 Å². The number of carbonyl (C=O) groups is 1. The van der Waals surface area contributed by atoms with Crippen LogP contribution >= 0.6 is 0 Å². The van der Waals surface area contributed by atoms with Crippen molar-refractivity contribution in [2.75, 3.05) is 13.7 Å². The summed E-state index contributed by atoms with van der Waals surface area (Å²) in [7, 11) is 1.63. The second-order valence-electron chi connectivity index (χ2n) is 5.99. The van der Waals surface area contributed by atoms with Crippen molar-refractivity contribution >= 4 is 17.0 Å². The van der Waals surface area contributed by atoms with Crippen LogP contribution in [0.1, 0.15) is 41.7 Å². The molecule has 0 fully saturated rings. The summed E-state index contributed by atoms with van der Waals surface area (Å²) in [5, 5.41) is 0. The molecule has 2 aromatic heterocycles. The van der Waals surface area contributed by atoms with Crippen LogP contribution in [0.3, 0.4) is 0 Å². The third-order valence-corrected chi connectivity index (χ3v) is 4.37. The molecule has 0 N–H and O–H groups in total. The Balaban J connectivity index is 1.91. The van der Waals surface area contributed by atoms with E-state index in [4.69, 9.17) is 9.15 Å². The Labute approximate surface area is 147 Å². The number of hydrogen-bond acceptors (Lipinski definition) is 4. The highest BCUT2D eigenvalue weighted by atomic mass is 16.5. The molecule has 0 aliphatic carbocycles. The molecular formula is C20H22N2O3. The molecule has 0 aliphatic heterocycles. The van der Waals surface area contributed by atoms with E-state index < -0.39 is 0 Å². The zero-order valence-electron chi connectivity index (χ0n) is 14.9. The second kappa shape index (κ2) is 6.97. The van der Waals surface area contributed by atoms with Gasteiger partial charge in [0.2, 0.25) is 0 Å². The molecule has 3 rings (SSSR count). The van der Waals surface area contributed by atoms with Gasteiger partial charge in [-0.3, -0.25) is 4.79 Å². The van der Waals surface area contributed by atoms with Gasteiger partial charge in [-0.25, -0.2) is 4.98 Å². The van der Waals surface area contributed by atoms with Gasteiger partial charge < -0.3 is 14.1 Å². The largest absolute Gasteiger partial charge is 0.497 e. The minimum absolute atomic E-state index is 0.101. The van der Waals surface area contributed by atoms with Gasteiger partial charge in [0, 0.05) is 18.3 Å². The zero-order valence-corrected chi connectivity index (χ0v) is 14.9. The molecule has 2 heterocycles. The van der Waals surface area contributed by atoms with Crippen molar-refractivity contribution in [3.8, 4) is 5.75 Å². The predicted molar refractivity (Wildman–Crippen MR) is 96.9 cm³/mol. The Kier molecular flexibility index (Phi) is 4.74. The molecule has 0 unspecified atom stereocenters. The molecule has 0 aliphatic rings. The minimum atomic E-state index is -0.145. The van der Waals surface area contributed by atoms with E-state index in [0.29, 0.717) is 23.4 Å². The minimum Gasteiger partial charge on any atom is -0.497 e. The van der Waals surface area contributed by atoms with Gasteiger partial charge in [0.25, 0.3) is 5.91 Å². The highest BCUT2D eigenvalue weighted by molar-refractivity contribution is 5.95. The predicted octanol–water partition coefficient (Wildman–Crippen LogP) is 4.37. The van der Waals surface area contributed by atoms with Gasteiger partial charge in [0.05, 0.1) is 13.2 Å². The maximum Gasteiger partial charge on any atom is 0.290 e. The molecule has 0 saturated heterocycles. The molecule has 5 nitrogen and oxygen atoms in total. The third-order valence-electron chi connectivity index (χ3n) is 4.37. The molecule has 1 aromatic carbocycles. The summed E-state index contributed by atoms with van der Waals surface area (Å²) in [5.41, 5.74) is 3.23. The molecule has 0 saturated carbocycles. The van der Waals surface area contributed by atoms with Crippen LogP contribution in [0.15, 0.2) is 46.9 Å². The molecule has 25 heavy (non-hydrogen) atoms. The maximum atomic E-state index is 13.0. The molecule has 3 aromatic rings. The smallest absolute Gasteiger partial charge is 0.290 e. The van der Waals surface area contributed by atoms with E-state index >= 15 is 0 Å². The lowest BCUT2D eigenvalue weighted by Gasteiger charge is -2.27. The number of pyridine rings is 1.